The van der Waals surface area contributed by atoms with E-state index < -0.39 is 0 Å². The van der Waals surface area contributed by atoms with E-state index >= 15 is 0 Å². The number of amides is 2. The van der Waals surface area contributed by atoms with Gasteiger partial charge in [-0.25, -0.2) is 0 Å². The van der Waals surface area contributed by atoms with Crippen molar-refractivity contribution in [3.63, 3.8) is 0 Å². The predicted molar refractivity (Wildman–Crippen MR) is 98.8 cm³/mol. The fraction of sp³-hybridized carbons (Fsp3) is 0.368. The van der Waals surface area contributed by atoms with Gasteiger partial charge in [-0.1, -0.05) is 24.3 Å². The zero-order valence-corrected chi connectivity index (χ0v) is 15.1. The number of piperazine rings is 1. The van der Waals surface area contributed by atoms with E-state index in [0.29, 0.717) is 38.4 Å². The zero-order valence-electron chi connectivity index (χ0n) is 15.1. The monoisotopic (exact) mass is 353 g/mol. The van der Waals surface area contributed by atoms with Crippen LogP contribution in [0.2, 0.25) is 0 Å². The van der Waals surface area contributed by atoms with E-state index in [4.69, 9.17) is 0 Å². The molecule has 7 heteroatoms. The molecule has 0 radical (unpaired) electrons. The highest BCUT2D eigenvalue weighted by Gasteiger charge is 2.20. The zero-order chi connectivity index (χ0) is 18.5. The van der Waals surface area contributed by atoms with Crippen LogP contribution in [0.3, 0.4) is 0 Å². The molecule has 0 aliphatic carbocycles. The normalized spacial score (nSPS) is 14.2. The molecule has 3 rings (SSSR count). The Morgan fingerprint density at radius 1 is 1.04 bits per heavy atom. The second kappa shape index (κ2) is 7.95. The molecule has 1 aliphatic heterocycles. The minimum absolute atomic E-state index is 0.0939. The highest BCUT2D eigenvalue weighted by Crippen LogP contribution is 2.13. The van der Waals surface area contributed by atoms with E-state index in [9.17, 15) is 9.59 Å². The standard InChI is InChI=1S/C19H23N5O2/c1-14-5-3-4-6-16(14)13-20-19(26)17-7-8-18(22-21-17)24-11-9-23(10-12-24)15(2)25/h3-8H,9-13H2,1-2H3,(H,20,26). The maximum Gasteiger partial charge on any atom is 0.272 e. The second-order valence-corrected chi connectivity index (χ2v) is 6.38. The number of hydrogen-bond donors (Lipinski definition) is 1. The molecular formula is C19H23N5O2. The molecule has 2 heterocycles. The first-order valence-electron chi connectivity index (χ1n) is 8.71. The second-order valence-electron chi connectivity index (χ2n) is 6.38. The predicted octanol–water partition coefficient (Wildman–Crippen LogP) is 1.38. The molecule has 1 saturated heterocycles. The molecule has 0 unspecified atom stereocenters. The van der Waals surface area contributed by atoms with Crippen LogP contribution in [-0.2, 0) is 11.3 Å². The Hall–Kier alpha value is -2.96. The van der Waals surface area contributed by atoms with Gasteiger partial charge in [-0.2, -0.15) is 0 Å². The van der Waals surface area contributed by atoms with E-state index in [-0.39, 0.29) is 11.8 Å². The lowest BCUT2D eigenvalue weighted by Crippen LogP contribution is -2.48. The molecule has 0 saturated carbocycles. The minimum Gasteiger partial charge on any atom is -0.352 e. The van der Waals surface area contributed by atoms with Crippen molar-refractivity contribution in [2.45, 2.75) is 20.4 Å². The van der Waals surface area contributed by atoms with E-state index in [0.717, 1.165) is 16.9 Å². The largest absolute Gasteiger partial charge is 0.352 e. The Labute approximate surface area is 153 Å². The fourth-order valence-corrected chi connectivity index (χ4v) is 2.94. The smallest absolute Gasteiger partial charge is 0.272 e. The number of rotatable bonds is 4. The molecule has 2 aromatic rings. The number of benzene rings is 1. The van der Waals surface area contributed by atoms with Crippen LogP contribution in [0.15, 0.2) is 36.4 Å². The van der Waals surface area contributed by atoms with Gasteiger partial charge in [-0.15, -0.1) is 10.2 Å². The van der Waals surface area contributed by atoms with Crippen molar-refractivity contribution in [2.75, 3.05) is 31.1 Å². The van der Waals surface area contributed by atoms with Crippen LogP contribution in [-0.4, -0.2) is 53.1 Å². The van der Waals surface area contributed by atoms with Gasteiger partial charge in [-0.3, -0.25) is 9.59 Å². The van der Waals surface area contributed by atoms with Gasteiger partial charge in [0.25, 0.3) is 5.91 Å². The minimum atomic E-state index is -0.242. The molecule has 0 bridgehead atoms. The summed E-state index contributed by atoms with van der Waals surface area (Å²) in [7, 11) is 0. The lowest BCUT2D eigenvalue weighted by atomic mass is 10.1. The molecule has 2 amide bonds. The van der Waals surface area contributed by atoms with Crippen LogP contribution in [0.25, 0.3) is 0 Å². The average molecular weight is 353 g/mol. The van der Waals surface area contributed by atoms with Crippen LogP contribution in [0.5, 0.6) is 0 Å². The van der Waals surface area contributed by atoms with Gasteiger partial charge in [0.1, 0.15) is 0 Å². The number of nitrogens with one attached hydrogen (secondary N) is 1. The molecule has 0 atom stereocenters. The Kier molecular flexibility index (Phi) is 5.46. The number of carbonyl (C=O) groups excluding carboxylic acids is 2. The molecule has 7 nitrogen and oxygen atoms in total. The lowest BCUT2D eigenvalue weighted by Gasteiger charge is -2.34. The third-order valence-electron chi connectivity index (χ3n) is 4.63. The van der Waals surface area contributed by atoms with Crippen LogP contribution < -0.4 is 10.2 Å². The molecule has 26 heavy (non-hydrogen) atoms. The Morgan fingerprint density at radius 2 is 1.77 bits per heavy atom. The molecule has 1 aromatic heterocycles. The van der Waals surface area contributed by atoms with Crippen molar-refractivity contribution in [1.82, 2.24) is 20.4 Å². The molecular weight excluding hydrogens is 330 g/mol. The van der Waals surface area contributed by atoms with Crippen molar-refractivity contribution in [2.24, 2.45) is 0 Å². The number of anilines is 1. The van der Waals surface area contributed by atoms with Crippen molar-refractivity contribution < 1.29 is 9.59 Å². The first kappa shape index (κ1) is 17.8. The number of nitrogens with zero attached hydrogens (tertiary/aromatic N) is 4. The van der Waals surface area contributed by atoms with Gasteiger partial charge in [-0.05, 0) is 30.2 Å². The van der Waals surface area contributed by atoms with Crippen molar-refractivity contribution in [3.05, 3.63) is 53.2 Å². The third kappa shape index (κ3) is 4.17. The van der Waals surface area contributed by atoms with Crippen LogP contribution in [0, 0.1) is 6.92 Å². The topological polar surface area (TPSA) is 78.4 Å². The summed E-state index contributed by atoms with van der Waals surface area (Å²) in [5.74, 6) is 0.578. The quantitative estimate of drug-likeness (QED) is 0.898. The highest BCUT2D eigenvalue weighted by atomic mass is 16.2. The van der Waals surface area contributed by atoms with E-state index in [1.54, 1.807) is 19.1 Å². The SMILES string of the molecule is CC(=O)N1CCN(c2ccc(C(=O)NCc3ccccc3C)nn2)CC1. The van der Waals surface area contributed by atoms with Crippen LogP contribution >= 0.6 is 0 Å². The van der Waals surface area contributed by atoms with E-state index in [1.807, 2.05) is 36.1 Å². The Bertz CT molecular complexity index is 783. The maximum absolute atomic E-state index is 12.3. The van der Waals surface area contributed by atoms with Gasteiger partial charge < -0.3 is 15.1 Å². The summed E-state index contributed by atoms with van der Waals surface area (Å²) in [6.07, 6.45) is 0. The maximum atomic E-state index is 12.3. The third-order valence-corrected chi connectivity index (χ3v) is 4.63. The summed E-state index contributed by atoms with van der Waals surface area (Å²) in [6.45, 7) is 6.84. The molecule has 1 aliphatic rings. The highest BCUT2D eigenvalue weighted by molar-refractivity contribution is 5.92. The fourth-order valence-electron chi connectivity index (χ4n) is 2.94. The number of hydrogen-bond acceptors (Lipinski definition) is 5. The lowest BCUT2D eigenvalue weighted by molar-refractivity contribution is -0.129. The summed E-state index contributed by atoms with van der Waals surface area (Å²) in [6, 6.07) is 11.4. The molecule has 136 valence electrons. The van der Waals surface area contributed by atoms with Crippen molar-refractivity contribution >= 4 is 17.6 Å². The van der Waals surface area contributed by atoms with E-state index in [1.165, 1.54) is 0 Å². The number of aromatic nitrogens is 2. The van der Waals surface area contributed by atoms with Crippen LogP contribution in [0.4, 0.5) is 5.82 Å². The molecule has 0 spiro atoms. The Balaban J connectivity index is 1.56. The van der Waals surface area contributed by atoms with Crippen molar-refractivity contribution in [3.8, 4) is 0 Å². The summed E-state index contributed by atoms with van der Waals surface area (Å²) in [4.78, 5) is 27.5. The van der Waals surface area contributed by atoms with Gasteiger partial charge in [0, 0.05) is 39.6 Å². The molecule has 1 N–H and O–H groups in total. The molecule has 1 aromatic carbocycles. The van der Waals surface area contributed by atoms with Gasteiger partial charge in [0.2, 0.25) is 5.91 Å². The first-order chi connectivity index (χ1) is 12.5. The summed E-state index contributed by atoms with van der Waals surface area (Å²) < 4.78 is 0. The number of aryl methyl sites for hydroxylation is 1. The van der Waals surface area contributed by atoms with Gasteiger partial charge >= 0.3 is 0 Å². The summed E-state index contributed by atoms with van der Waals surface area (Å²) in [5.41, 5.74) is 2.51. The first-order valence-corrected chi connectivity index (χ1v) is 8.71. The summed E-state index contributed by atoms with van der Waals surface area (Å²) >= 11 is 0. The van der Waals surface area contributed by atoms with E-state index in [2.05, 4.69) is 20.4 Å². The average Bonchev–Trinajstić information content (AvgIpc) is 2.67. The van der Waals surface area contributed by atoms with Gasteiger partial charge in [0.15, 0.2) is 11.5 Å². The Morgan fingerprint density at radius 3 is 2.38 bits per heavy atom. The van der Waals surface area contributed by atoms with Crippen LogP contribution in [0.1, 0.15) is 28.5 Å². The number of carbonyl (C=O) groups is 2. The molecule has 1 fully saturated rings. The van der Waals surface area contributed by atoms with Gasteiger partial charge in [0.05, 0.1) is 0 Å². The van der Waals surface area contributed by atoms with Crippen molar-refractivity contribution in [1.29, 1.82) is 0 Å². The summed E-state index contributed by atoms with van der Waals surface area (Å²) in [5, 5.41) is 11.1.